The number of carbonyl (C=O) groups excluding carboxylic acids is 3. The highest BCUT2D eigenvalue weighted by atomic mass is 16.5. The number of amides is 2. The van der Waals surface area contributed by atoms with Crippen molar-refractivity contribution >= 4 is 17.8 Å². The van der Waals surface area contributed by atoms with E-state index in [0.29, 0.717) is 5.56 Å². The van der Waals surface area contributed by atoms with Gasteiger partial charge in [0, 0.05) is 14.1 Å². The summed E-state index contributed by atoms with van der Waals surface area (Å²) >= 11 is 0. The second-order valence-electron chi connectivity index (χ2n) is 5.45. The van der Waals surface area contributed by atoms with Crippen molar-refractivity contribution in [3.63, 3.8) is 0 Å². The van der Waals surface area contributed by atoms with Gasteiger partial charge in [-0.25, -0.2) is 9.78 Å². The Morgan fingerprint density at radius 1 is 1.00 bits per heavy atom. The Kier molecular flexibility index (Phi) is 5.84. The van der Waals surface area contributed by atoms with E-state index in [-0.39, 0.29) is 17.3 Å². The second kappa shape index (κ2) is 8.05. The van der Waals surface area contributed by atoms with E-state index in [4.69, 9.17) is 0 Å². The third kappa shape index (κ3) is 4.41. The molecule has 1 heterocycles. The van der Waals surface area contributed by atoms with Crippen LogP contribution in [0.5, 0.6) is 0 Å². The zero-order chi connectivity index (χ0) is 18.4. The van der Waals surface area contributed by atoms with Crippen LogP contribution in [-0.2, 0) is 9.53 Å². The number of carbonyl (C=O) groups is 3. The van der Waals surface area contributed by atoms with Gasteiger partial charge in [-0.15, -0.1) is 0 Å². The highest BCUT2D eigenvalue weighted by Crippen LogP contribution is 2.15. The number of esters is 1. The Balaban J connectivity index is 2.28. The van der Waals surface area contributed by atoms with Gasteiger partial charge >= 0.3 is 5.97 Å². The van der Waals surface area contributed by atoms with Gasteiger partial charge < -0.3 is 15.0 Å². The number of aromatic nitrogens is 1. The smallest absolute Gasteiger partial charge is 0.356 e. The molecule has 0 radical (unpaired) electrons. The fraction of sp³-hybridized carbons (Fsp3) is 0.222. The SMILES string of the molecule is COC(=O)c1cccc(C(=O)NC(C(=O)N(C)C)c2ccccc2)n1. The van der Waals surface area contributed by atoms with Crippen LogP contribution in [0, 0.1) is 0 Å². The van der Waals surface area contributed by atoms with E-state index >= 15 is 0 Å². The molecule has 0 aliphatic carbocycles. The van der Waals surface area contributed by atoms with Crippen molar-refractivity contribution in [2.75, 3.05) is 21.2 Å². The molecular formula is C18H19N3O4. The standard InChI is InChI=1S/C18H19N3O4/c1-21(2)17(23)15(12-8-5-4-6-9-12)20-16(22)13-10-7-11-14(19-13)18(24)25-3/h4-11,15H,1-3H3,(H,20,22). The molecule has 0 spiro atoms. The van der Waals surface area contributed by atoms with E-state index in [1.165, 1.54) is 30.2 Å². The summed E-state index contributed by atoms with van der Waals surface area (Å²) in [7, 11) is 4.46. The van der Waals surface area contributed by atoms with E-state index in [1.54, 1.807) is 38.4 Å². The Labute approximate surface area is 145 Å². The molecule has 0 aliphatic rings. The number of rotatable bonds is 5. The molecule has 1 aromatic carbocycles. The summed E-state index contributed by atoms with van der Waals surface area (Å²) in [5.74, 6) is -1.47. The first-order valence-electron chi connectivity index (χ1n) is 7.56. The molecule has 7 nitrogen and oxygen atoms in total. The summed E-state index contributed by atoms with van der Waals surface area (Å²) in [5.41, 5.74) is 0.694. The molecule has 1 aromatic heterocycles. The first-order valence-corrected chi connectivity index (χ1v) is 7.56. The topological polar surface area (TPSA) is 88.6 Å². The molecule has 1 atom stereocenters. The number of benzene rings is 1. The minimum absolute atomic E-state index is 0.0188. The Morgan fingerprint density at radius 2 is 1.64 bits per heavy atom. The van der Waals surface area contributed by atoms with Crippen LogP contribution in [0.1, 0.15) is 32.6 Å². The second-order valence-corrected chi connectivity index (χ2v) is 5.45. The molecule has 0 aliphatic heterocycles. The molecule has 7 heteroatoms. The van der Waals surface area contributed by atoms with Crippen LogP contribution in [0.2, 0.25) is 0 Å². The predicted octanol–water partition coefficient (Wildman–Crippen LogP) is 1.43. The number of pyridine rings is 1. The van der Waals surface area contributed by atoms with Crippen LogP contribution in [0.3, 0.4) is 0 Å². The van der Waals surface area contributed by atoms with Crippen LogP contribution in [0.4, 0.5) is 0 Å². The van der Waals surface area contributed by atoms with E-state index in [9.17, 15) is 14.4 Å². The van der Waals surface area contributed by atoms with Gasteiger partial charge in [0.05, 0.1) is 7.11 Å². The van der Waals surface area contributed by atoms with Gasteiger partial charge in [0.25, 0.3) is 5.91 Å². The van der Waals surface area contributed by atoms with Crippen molar-refractivity contribution in [2.45, 2.75) is 6.04 Å². The number of nitrogens with one attached hydrogen (secondary N) is 1. The summed E-state index contributed by atoms with van der Waals surface area (Å²) in [4.78, 5) is 41.9. The van der Waals surface area contributed by atoms with Crippen LogP contribution >= 0.6 is 0 Å². The molecule has 25 heavy (non-hydrogen) atoms. The lowest BCUT2D eigenvalue weighted by molar-refractivity contribution is -0.130. The maximum atomic E-state index is 12.5. The third-order valence-corrected chi connectivity index (χ3v) is 3.47. The molecule has 1 unspecified atom stereocenters. The number of likely N-dealkylation sites (N-methyl/N-ethyl adjacent to an activating group) is 1. The number of ether oxygens (including phenoxy) is 1. The normalized spacial score (nSPS) is 11.3. The van der Waals surface area contributed by atoms with Gasteiger partial charge in [0.15, 0.2) is 0 Å². The molecule has 0 bridgehead atoms. The van der Waals surface area contributed by atoms with Crippen LogP contribution in [-0.4, -0.2) is 48.9 Å². The largest absolute Gasteiger partial charge is 0.464 e. The summed E-state index contributed by atoms with van der Waals surface area (Å²) in [6, 6.07) is 12.5. The predicted molar refractivity (Wildman–Crippen MR) is 90.9 cm³/mol. The Morgan fingerprint density at radius 3 is 2.24 bits per heavy atom. The van der Waals surface area contributed by atoms with Crippen LogP contribution < -0.4 is 5.32 Å². The fourth-order valence-electron chi connectivity index (χ4n) is 2.18. The molecule has 2 amide bonds. The zero-order valence-corrected chi connectivity index (χ0v) is 14.2. The lowest BCUT2D eigenvalue weighted by Gasteiger charge is -2.22. The molecule has 130 valence electrons. The third-order valence-electron chi connectivity index (χ3n) is 3.47. The lowest BCUT2D eigenvalue weighted by Crippen LogP contribution is -2.40. The average Bonchev–Trinajstić information content (AvgIpc) is 2.65. The summed E-state index contributed by atoms with van der Waals surface area (Å²) in [6.45, 7) is 0. The van der Waals surface area contributed by atoms with Gasteiger partial charge in [-0.3, -0.25) is 9.59 Å². The molecule has 1 N–H and O–H groups in total. The van der Waals surface area contributed by atoms with Gasteiger partial charge in [-0.1, -0.05) is 36.4 Å². The van der Waals surface area contributed by atoms with E-state index in [2.05, 4.69) is 15.0 Å². The molecule has 0 saturated carbocycles. The Bertz CT molecular complexity index is 775. The van der Waals surface area contributed by atoms with Gasteiger partial charge in [0.1, 0.15) is 17.4 Å². The van der Waals surface area contributed by atoms with Crippen LogP contribution in [0.25, 0.3) is 0 Å². The monoisotopic (exact) mass is 341 g/mol. The minimum atomic E-state index is -0.854. The molecular weight excluding hydrogens is 322 g/mol. The van der Waals surface area contributed by atoms with Gasteiger partial charge in [0.2, 0.25) is 5.91 Å². The molecule has 0 fully saturated rings. The van der Waals surface area contributed by atoms with Crippen LogP contribution in [0.15, 0.2) is 48.5 Å². The van der Waals surface area contributed by atoms with Crippen molar-refractivity contribution in [1.29, 1.82) is 0 Å². The zero-order valence-electron chi connectivity index (χ0n) is 14.2. The fourth-order valence-corrected chi connectivity index (χ4v) is 2.18. The summed E-state index contributed by atoms with van der Waals surface area (Å²) in [6.07, 6.45) is 0. The summed E-state index contributed by atoms with van der Waals surface area (Å²) in [5, 5.41) is 2.67. The summed E-state index contributed by atoms with van der Waals surface area (Å²) < 4.78 is 4.60. The van der Waals surface area contributed by atoms with Crippen molar-refractivity contribution in [2.24, 2.45) is 0 Å². The minimum Gasteiger partial charge on any atom is -0.464 e. The maximum Gasteiger partial charge on any atom is 0.356 e. The highest BCUT2D eigenvalue weighted by molar-refractivity contribution is 5.97. The Hall–Kier alpha value is -3.22. The van der Waals surface area contributed by atoms with Crippen molar-refractivity contribution in [3.05, 3.63) is 65.5 Å². The van der Waals surface area contributed by atoms with E-state index in [0.717, 1.165) is 0 Å². The lowest BCUT2D eigenvalue weighted by atomic mass is 10.1. The number of nitrogens with zero attached hydrogens (tertiary/aromatic N) is 2. The van der Waals surface area contributed by atoms with Gasteiger partial charge in [-0.05, 0) is 17.7 Å². The van der Waals surface area contributed by atoms with Crippen molar-refractivity contribution in [3.8, 4) is 0 Å². The number of hydrogen-bond donors (Lipinski definition) is 1. The quantitative estimate of drug-likeness (QED) is 0.831. The molecule has 0 saturated heterocycles. The highest BCUT2D eigenvalue weighted by Gasteiger charge is 2.25. The van der Waals surface area contributed by atoms with Crippen molar-refractivity contribution < 1.29 is 19.1 Å². The van der Waals surface area contributed by atoms with Crippen molar-refractivity contribution in [1.82, 2.24) is 15.2 Å². The molecule has 2 aromatic rings. The average molecular weight is 341 g/mol. The molecule has 2 rings (SSSR count). The van der Waals surface area contributed by atoms with E-state index in [1.807, 2.05) is 6.07 Å². The first-order chi connectivity index (χ1) is 11.9. The maximum absolute atomic E-state index is 12.5. The number of methoxy groups -OCH3 is 1. The number of hydrogen-bond acceptors (Lipinski definition) is 5. The first kappa shape index (κ1) is 18.1. The van der Waals surface area contributed by atoms with Gasteiger partial charge in [-0.2, -0.15) is 0 Å². The van der Waals surface area contributed by atoms with E-state index < -0.39 is 17.9 Å².